The van der Waals surface area contributed by atoms with E-state index in [1.165, 1.54) is 36.3 Å². The summed E-state index contributed by atoms with van der Waals surface area (Å²) in [6.07, 6.45) is -1.62. The molecule has 5 rings (SSSR count). The van der Waals surface area contributed by atoms with Gasteiger partial charge in [-0.05, 0) is 65.7 Å². The number of carbonyl (C=O) groups is 3. The van der Waals surface area contributed by atoms with Gasteiger partial charge < -0.3 is 20.1 Å². The second-order valence-corrected chi connectivity index (χ2v) is 9.17. The monoisotopic (exact) mass is 539 g/mol. The highest BCUT2D eigenvalue weighted by Crippen LogP contribution is 2.35. The predicted octanol–water partition coefficient (Wildman–Crippen LogP) is 5.79. The normalized spacial score (nSPS) is 16.2. The van der Waals surface area contributed by atoms with Crippen molar-refractivity contribution in [1.29, 1.82) is 0 Å². The van der Waals surface area contributed by atoms with Crippen molar-refractivity contribution in [2.75, 3.05) is 17.7 Å². The molecule has 0 bridgehead atoms. The standard InChI is InChI=1S/C31H26FN3O5/c1-39-26-12-6-10-22(18-26)29(36)34-25-11-5-9-21(17-25)28-27(30(37)33-24-15-13-23(32)14-16-24)35(31(38)40-28)19-20-7-3-2-4-8-20/h2-18,27-28H,19H2,1H3,(H,33,37)(H,34,36). The lowest BCUT2D eigenvalue weighted by Gasteiger charge is -2.24. The molecule has 8 nitrogen and oxygen atoms in total. The average molecular weight is 540 g/mol. The van der Waals surface area contributed by atoms with Gasteiger partial charge >= 0.3 is 6.09 Å². The third kappa shape index (κ3) is 5.94. The number of anilines is 2. The molecule has 0 aliphatic carbocycles. The third-order valence-corrected chi connectivity index (χ3v) is 6.47. The molecule has 9 heteroatoms. The molecule has 2 unspecified atom stereocenters. The van der Waals surface area contributed by atoms with Crippen LogP contribution in [0.2, 0.25) is 0 Å². The summed E-state index contributed by atoms with van der Waals surface area (Å²) in [7, 11) is 1.52. The van der Waals surface area contributed by atoms with Crippen molar-refractivity contribution >= 4 is 29.3 Å². The van der Waals surface area contributed by atoms with Crippen LogP contribution in [0.4, 0.5) is 20.6 Å². The Morgan fingerprint density at radius 3 is 2.38 bits per heavy atom. The molecule has 4 aromatic rings. The molecule has 0 radical (unpaired) electrons. The second kappa shape index (κ2) is 11.7. The van der Waals surface area contributed by atoms with E-state index in [9.17, 15) is 18.8 Å². The van der Waals surface area contributed by atoms with Crippen LogP contribution in [0.5, 0.6) is 5.75 Å². The minimum atomic E-state index is -1.04. The number of nitrogens with one attached hydrogen (secondary N) is 2. The predicted molar refractivity (Wildman–Crippen MR) is 147 cm³/mol. The van der Waals surface area contributed by atoms with Gasteiger partial charge in [-0.2, -0.15) is 0 Å². The number of rotatable bonds is 8. The maximum atomic E-state index is 13.6. The van der Waals surface area contributed by atoms with Crippen molar-refractivity contribution in [3.8, 4) is 5.75 Å². The highest BCUT2D eigenvalue weighted by molar-refractivity contribution is 6.04. The summed E-state index contributed by atoms with van der Waals surface area (Å²) < 4.78 is 24.3. The van der Waals surface area contributed by atoms with Gasteiger partial charge in [0, 0.05) is 16.9 Å². The fourth-order valence-corrected chi connectivity index (χ4v) is 4.50. The molecule has 1 fully saturated rings. The lowest BCUT2D eigenvalue weighted by atomic mass is 10.00. The van der Waals surface area contributed by atoms with E-state index in [4.69, 9.17) is 9.47 Å². The van der Waals surface area contributed by atoms with Crippen molar-refractivity contribution in [2.45, 2.75) is 18.7 Å². The summed E-state index contributed by atoms with van der Waals surface area (Å²) in [4.78, 5) is 40.9. The van der Waals surface area contributed by atoms with Gasteiger partial charge in [0.25, 0.3) is 11.8 Å². The molecule has 1 aliphatic heterocycles. The molecule has 1 saturated heterocycles. The van der Waals surface area contributed by atoms with E-state index in [1.54, 1.807) is 48.5 Å². The number of hydrogen-bond donors (Lipinski definition) is 2. The van der Waals surface area contributed by atoms with Crippen molar-refractivity contribution in [3.63, 3.8) is 0 Å². The Morgan fingerprint density at radius 2 is 1.62 bits per heavy atom. The highest BCUT2D eigenvalue weighted by atomic mass is 19.1. The molecule has 2 N–H and O–H groups in total. The largest absolute Gasteiger partial charge is 0.497 e. The van der Waals surface area contributed by atoms with Gasteiger partial charge in [-0.15, -0.1) is 0 Å². The first-order chi connectivity index (χ1) is 19.4. The minimum Gasteiger partial charge on any atom is -0.497 e. The van der Waals surface area contributed by atoms with Crippen LogP contribution in [0.3, 0.4) is 0 Å². The van der Waals surface area contributed by atoms with E-state index in [1.807, 2.05) is 30.3 Å². The zero-order valence-corrected chi connectivity index (χ0v) is 21.5. The fourth-order valence-electron chi connectivity index (χ4n) is 4.50. The Labute approximate surface area is 230 Å². The quantitative estimate of drug-likeness (QED) is 0.296. The SMILES string of the molecule is COc1cccc(C(=O)Nc2cccc(C3OC(=O)N(Cc4ccccc4)C3C(=O)Nc3ccc(F)cc3)c2)c1. The summed E-state index contributed by atoms with van der Waals surface area (Å²) in [5.74, 6) is -0.735. The van der Waals surface area contributed by atoms with Gasteiger partial charge in [-0.25, -0.2) is 9.18 Å². The number of ether oxygens (including phenoxy) is 2. The van der Waals surface area contributed by atoms with Crippen LogP contribution >= 0.6 is 0 Å². The fraction of sp³-hybridized carbons (Fsp3) is 0.129. The van der Waals surface area contributed by atoms with Gasteiger partial charge in [-0.3, -0.25) is 14.5 Å². The Morgan fingerprint density at radius 1 is 0.875 bits per heavy atom. The lowest BCUT2D eigenvalue weighted by molar-refractivity contribution is -0.121. The Kier molecular flexibility index (Phi) is 7.72. The van der Waals surface area contributed by atoms with Crippen molar-refractivity contribution in [2.24, 2.45) is 0 Å². The van der Waals surface area contributed by atoms with Crippen molar-refractivity contribution in [1.82, 2.24) is 4.90 Å². The Bertz CT molecular complexity index is 1530. The van der Waals surface area contributed by atoms with Crippen molar-refractivity contribution < 1.29 is 28.2 Å². The molecule has 0 saturated carbocycles. The smallest absolute Gasteiger partial charge is 0.411 e. The minimum absolute atomic E-state index is 0.143. The van der Waals surface area contributed by atoms with E-state index in [0.29, 0.717) is 28.3 Å². The molecule has 0 aromatic heterocycles. The topological polar surface area (TPSA) is 97.0 Å². The molecular weight excluding hydrogens is 513 g/mol. The first-order valence-corrected chi connectivity index (χ1v) is 12.5. The molecule has 4 aromatic carbocycles. The molecule has 40 heavy (non-hydrogen) atoms. The van der Waals surface area contributed by atoms with E-state index in [-0.39, 0.29) is 12.5 Å². The molecule has 0 spiro atoms. The maximum Gasteiger partial charge on any atom is 0.411 e. The van der Waals surface area contributed by atoms with Crippen LogP contribution < -0.4 is 15.4 Å². The lowest BCUT2D eigenvalue weighted by Crippen LogP contribution is -2.43. The van der Waals surface area contributed by atoms with Gasteiger partial charge in [0.05, 0.1) is 13.7 Å². The van der Waals surface area contributed by atoms with Gasteiger partial charge in [0.2, 0.25) is 0 Å². The van der Waals surface area contributed by atoms with E-state index >= 15 is 0 Å². The van der Waals surface area contributed by atoms with Gasteiger partial charge in [0.1, 0.15) is 11.6 Å². The summed E-state index contributed by atoms with van der Waals surface area (Å²) in [6.45, 7) is 0.143. The van der Waals surface area contributed by atoms with Crippen LogP contribution in [0, 0.1) is 5.82 Å². The van der Waals surface area contributed by atoms with Crippen LogP contribution in [0.1, 0.15) is 27.6 Å². The zero-order chi connectivity index (χ0) is 28.1. The number of amides is 3. The van der Waals surface area contributed by atoms with E-state index in [2.05, 4.69) is 10.6 Å². The van der Waals surface area contributed by atoms with Crippen LogP contribution in [0.15, 0.2) is 103 Å². The van der Waals surface area contributed by atoms with Crippen LogP contribution in [-0.2, 0) is 16.1 Å². The Hall–Kier alpha value is -5.18. The molecule has 202 valence electrons. The summed E-state index contributed by atoms with van der Waals surface area (Å²) >= 11 is 0. The number of methoxy groups -OCH3 is 1. The van der Waals surface area contributed by atoms with Crippen LogP contribution in [0.25, 0.3) is 0 Å². The van der Waals surface area contributed by atoms with Gasteiger partial charge in [0.15, 0.2) is 12.1 Å². The van der Waals surface area contributed by atoms with E-state index in [0.717, 1.165) is 5.56 Å². The number of benzene rings is 4. The number of halogens is 1. The molecule has 1 aliphatic rings. The van der Waals surface area contributed by atoms with Crippen LogP contribution in [-0.4, -0.2) is 36.0 Å². The number of nitrogens with zero attached hydrogens (tertiary/aromatic N) is 1. The number of cyclic esters (lactones) is 1. The molecule has 3 amide bonds. The summed E-state index contributed by atoms with van der Waals surface area (Å²) in [5.41, 5.74) is 2.58. The third-order valence-electron chi connectivity index (χ3n) is 6.47. The molecular formula is C31H26FN3O5. The number of hydrogen-bond acceptors (Lipinski definition) is 5. The molecule has 1 heterocycles. The second-order valence-electron chi connectivity index (χ2n) is 9.17. The highest BCUT2D eigenvalue weighted by Gasteiger charge is 2.47. The van der Waals surface area contributed by atoms with Gasteiger partial charge in [-0.1, -0.05) is 48.5 Å². The zero-order valence-electron chi connectivity index (χ0n) is 21.5. The Balaban J connectivity index is 1.42. The first-order valence-electron chi connectivity index (χ1n) is 12.5. The number of carbonyl (C=O) groups excluding carboxylic acids is 3. The average Bonchev–Trinajstić information content (AvgIpc) is 3.30. The van der Waals surface area contributed by atoms with E-state index < -0.39 is 30.0 Å². The summed E-state index contributed by atoms with van der Waals surface area (Å²) in [6, 6.07) is 27.1. The molecule has 2 atom stereocenters. The summed E-state index contributed by atoms with van der Waals surface area (Å²) in [5, 5.41) is 5.61. The maximum absolute atomic E-state index is 13.6. The van der Waals surface area contributed by atoms with Crippen molar-refractivity contribution in [3.05, 3.63) is 126 Å². The first kappa shape index (κ1) is 26.4.